The van der Waals surface area contributed by atoms with E-state index < -0.39 is 4.92 Å². The van der Waals surface area contributed by atoms with Gasteiger partial charge in [-0.3, -0.25) is 19.5 Å². The van der Waals surface area contributed by atoms with Crippen molar-refractivity contribution in [2.45, 2.75) is 6.54 Å². The van der Waals surface area contributed by atoms with Gasteiger partial charge in [-0.05, 0) is 29.8 Å². The van der Waals surface area contributed by atoms with Crippen LogP contribution in [0.3, 0.4) is 0 Å². The van der Waals surface area contributed by atoms with Gasteiger partial charge in [0.2, 0.25) is 0 Å². The molecule has 0 aliphatic rings. The topological polar surface area (TPSA) is 90.4 Å². The summed E-state index contributed by atoms with van der Waals surface area (Å²) in [6, 6.07) is 19.0. The summed E-state index contributed by atoms with van der Waals surface area (Å²) in [7, 11) is 0. The van der Waals surface area contributed by atoms with Gasteiger partial charge in [-0.2, -0.15) is 0 Å². The summed E-state index contributed by atoms with van der Waals surface area (Å²) in [5, 5.41) is 11.4. The van der Waals surface area contributed by atoms with Crippen LogP contribution in [0.2, 0.25) is 0 Å². The maximum absolute atomic E-state index is 13.1. The molecule has 0 unspecified atom stereocenters. The summed E-state index contributed by atoms with van der Waals surface area (Å²) in [6.45, 7) is 0.368. The van der Waals surface area contributed by atoms with Crippen molar-refractivity contribution in [1.82, 2.24) is 9.55 Å². The summed E-state index contributed by atoms with van der Waals surface area (Å²) >= 11 is 1.30. The predicted molar refractivity (Wildman–Crippen MR) is 108 cm³/mol. The zero-order chi connectivity index (χ0) is 19.5. The molecule has 138 valence electrons. The van der Waals surface area contributed by atoms with Crippen molar-refractivity contribution < 1.29 is 4.92 Å². The third-order valence-electron chi connectivity index (χ3n) is 4.13. The second-order valence-corrected chi connectivity index (χ2v) is 6.96. The van der Waals surface area contributed by atoms with Crippen LogP contribution in [0.5, 0.6) is 0 Å². The molecule has 7 nitrogen and oxygen atoms in total. The Morgan fingerprint density at radius 2 is 1.79 bits per heavy atom. The summed E-state index contributed by atoms with van der Waals surface area (Å²) in [4.78, 5) is 33.4. The van der Waals surface area contributed by atoms with E-state index in [0.29, 0.717) is 27.3 Å². The highest BCUT2D eigenvalue weighted by Gasteiger charge is 2.09. The lowest BCUT2D eigenvalue weighted by Crippen LogP contribution is -2.32. The van der Waals surface area contributed by atoms with E-state index in [1.807, 2.05) is 30.3 Å². The number of non-ortho nitro benzene ring substituents is 1. The Morgan fingerprint density at radius 3 is 2.50 bits per heavy atom. The van der Waals surface area contributed by atoms with Crippen LogP contribution in [0.15, 0.2) is 82.7 Å². The second kappa shape index (κ2) is 7.53. The monoisotopic (exact) mass is 390 g/mol. The van der Waals surface area contributed by atoms with Gasteiger partial charge >= 0.3 is 0 Å². The zero-order valence-electron chi connectivity index (χ0n) is 14.6. The van der Waals surface area contributed by atoms with Crippen LogP contribution < -0.4 is 10.4 Å². The first kappa shape index (κ1) is 17.7. The first-order valence-electron chi connectivity index (χ1n) is 8.43. The molecule has 0 spiro atoms. The second-order valence-electron chi connectivity index (χ2n) is 6.00. The summed E-state index contributed by atoms with van der Waals surface area (Å²) in [5.74, 6) is 0. The van der Waals surface area contributed by atoms with Crippen LogP contribution in [0.25, 0.3) is 10.2 Å². The lowest BCUT2D eigenvalue weighted by atomic mass is 10.2. The largest absolute Gasteiger partial charge is 0.279 e. The lowest BCUT2D eigenvalue weighted by Gasteiger charge is -2.08. The van der Waals surface area contributed by atoms with Crippen molar-refractivity contribution in [3.05, 3.63) is 104 Å². The SMILES string of the molecule is O=c1c2cccnc2s/c(=N\c2ccc([N+](=O)[O-])cc2)n1Cc1ccccc1. The first-order valence-corrected chi connectivity index (χ1v) is 9.25. The number of nitrogens with zero attached hydrogens (tertiary/aromatic N) is 4. The van der Waals surface area contributed by atoms with Gasteiger partial charge in [-0.15, -0.1) is 0 Å². The van der Waals surface area contributed by atoms with Crippen LogP contribution in [-0.2, 0) is 6.54 Å². The molecule has 0 bridgehead atoms. The Balaban J connectivity index is 1.91. The Bertz CT molecular complexity index is 1280. The summed E-state index contributed by atoms with van der Waals surface area (Å²) in [6.07, 6.45) is 1.63. The molecule has 0 fully saturated rings. The van der Waals surface area contributed by atoms with Gasteiger partial charge < -0.3 is 0 Å². The molecule has 0 radical (unpaired) electrons. The molecular formula is C20H14N4O3S. The van der Waals surface area contributed by atoms with Gasteiger partial charge in [-0.25, -0.2) is 9.98 Å². The fraction of sp³-hybridized carbons (Fsp3) is 0.0500. The van der Waals surface area contributed by atoms with Crippen LogP contribution in [0.4, 0.5) is 11.4 Å². The average molecular weight is 390 g/mol. The molecule has 0 aliphatic heterocycles. The molecule has 0 amide bonds. The molecule has 0 N–H and O–H groups in total. The molecule has 4 rings (SSSR count). The van der Waals surface area contributed by atoms with Crippen molar-refractivity contribution in [2.75, 3.05) is 0 Å². The van der Waals surface area contributed by atoms with E-state index >= 15 is 0 Å². The summed E-state index contributed by atoms with van der Waals surface area (Å²) < 4.78 is 1.60. The van der Waals surface area contributed by atoms with E-state index in [1.54, 1.807) is 35.0 Å². The molecule has 0 atom stereocenters. The minimum absolute atomic E-state index is 0.00974. The van der Waals surface area contributed by atoms with Crippen molar-refractivity contribution >= 4 is 32.9 Å². The Labute approximate surface area is 163 Å². The van der Waals surface area contributed by atoms with E-state index in [1.165, 1.54) is 23.5 Å². The normalized spacial score (nSPS) is 11.6. The third-order valence-corrected chi connectivity index (χ3v) is 5.15. The van der Waals surface area contributed by atoms with Crippen molar-refractivity contribution in [2.24, 2.45) is 4.99 Å². The smallest absolute Gasteiger partial charge is 0.269 e. The highest BCUT2D eigenvalue weighted by molar-refractivity contribution is 7.15. The van der Waals surface area contributed by atoms with Gasteiger partial charge in [-0.1, -0.05) is 41.7 Å². The van der Waals surface area contributed by atoms with Gasteiger partial charge in [0.1, 0.15) is 4.83 Å². The number of hydrogen-bond acceptors (Lipinski definition) is 6. The van der Waals surface area contributed by atoms with Gasteiger partial charge in [0.15, 0.2) is 4.80 Å². The third kappa shape index (κ3) is 3.58. The quantitative estimate of drug-likeness (QED) is 0.393. The number of benzene rings is 2. The first-order chi connectivity index (χ1) is 13.6. The molecule has 0 saturated carbocycles. The van der Waals surface area contributed by atoms with Crippen LogP contribution in [-0.4, -0.2) is 14.5 Å². The fourth-order valence-electron chi connectivity index (χ4n) is 2.76. The molecule has 2 aromatic carbocycles. The molecule has 4 aromatic rings. The Kier molecular flexibility index (Phi) is 4.77. The van der Waals surface area contributed by atoms with E-state index in [-0.39, 0.29) is 11.2 Å². The van der Waals surface area contributed by atoms with Crippen molar-refractivity contribution in [3.63, 3.8) is 0 Å². The minimum Gasteiger partial charge on any atom is -0.279 e. The van der Waals surface area contributed by atoms with Crippen LogP contribution >= 0.6 is 11.3 Å². The van der Waals surface area contributed by atoms with E-state index in [9.17, 15) is 14.9 Å². The highest BCUT2D eigenvalue weighted by atomic mass is 32.1. The van der Waals surface area contributed by atoms with Crippen molar-refractivity contribution in [1.29, 1.82) is 0 Å². The maximum Gasteiger partial charge on any atom is 0.269 e. The molecule has 0 saturated heterocycles. The Morgan fingerprint density at radius 1 is 1.04 bits per heavy atom. The standard InChI is InChI=1S/C20H14N4O3S/c25-19-17-7-4-12-21-18(17)28-20(23(19)13-14-5-2-1-3-6-14)22-15-8-10-16(11-9-15)24(26)27/h1-12H,13H2/b22-20-. The van der Waals surface area contributed by atoms with E-state index in [4.69, 9.17) is 0 Å². The zero-order valence-corrected chi connectivity index (χ0v) is 15.4. The fourth-order valence-corrected chi connectivity index (χ4v) is 3.72. The number of nitro benzene ring substituents is 1. The van der Waals surface area contributed by atoms with E-state index in [0.717, 1.165) is 5.56 Å². The minimum atomic E-state index is -0.461. The number of rotatable bonds is 4. The molecule has 28 heavy (non-hydrogen) atoms. The number of fused-ring (bicyclic) bond motifs is 1. The van der Waals surface area contributed by atoms with Gasteiger partial charge in [0, 0.05) is 18.3 Å². The number of aromatic nitrogens is 2. The Hall–Kier alpha value is -3.65. The van der Waals surface area contributed by atoms with E-state index in [2.05, 4.69) is 9.98 Å². The number of hydrogen-bond donors (Lipinski definition) is 0. The average Bonchev–Trinajstić information content (AvgIpc) is 2.72. The molecular weight excluding hydrogens is 376 g/mol. The van der Waals surface area contributed by atoms with Crippen LogP contribution in [0, 0.1) is 10.1 Å². The maximum atomic E-state index is 13.1. The number of pyridine rings is 1. The summed E-state index contributed by atoms with van der Waals surface area (Å²) in [5.41, 5.74) is 1.31. The predicted octanol–water partition coefficient (Wildman–Crippen LogP) is 3.65. The molecule has 8 heteroatoms. The molecule has 2 heterocycles. The lowest BCUT2D eigenvalue weighted by molar-refractivity contribution is -0.384. The van der Waals surface area contributed by atoms with Crippen LogP contribution in [0.1, 0.15) is 5.56 Å². The van der Waals surface area contributed by atoms with Gasteiger partial charge in [0.25, 0.3) is 11.2 Å². The van der Waals surface area contributed by atoms with Crippen molar-refractivity contribution in [3.8, 4) is 0 Å². The number of nitro groups is 1. The van der Waals surface area contributed by atoms with Gasteiger partial charge in [0.05, 0.1) is 22.5 Å². The molecule has 0 aliphatic carbocycles. The molecule has 2 aromatic heterocycles. The highest BCUT2D eigenvalue weighted by Crippen LogP contribution is 2.18.